The highest BCUT2D eigenvalue weighted by Gasteiger charge is 2.18. The fraction of sp³-hybridized carbons (Fsp3) is 0.357. The maximum atomic E-state index is 12.4. The molecular weight excluding hydrogens is 276 g/mol. The van der Waals surface area contributed by atoms with Crippen molar-refractivity contribution in [1.29, 1.82) is 0 Å². The van der Waals surface area contributed by atoms with E-state index in [-0.39, 0.29) is 18.4 Å². The molecule has 0 saturated carbocycles. The molecule has 0 radical (unpaired) electrons. The molecule has 0 atom stereocenters. The number of aromatic nitrogens is 1. The first-order valence-electron chi connectivity index (χ1n) is 6.43. The van der Waals surface area contributed by atoms with Gasteiger partial charge in [0.05, 0.1) is 22.3 Å². The van der Waals surface area contributed by atoms with Gasteiger partial charge in [-0.1, -0.05) is 0 Å². The summed E-state index contributed by atoms with van der Waals surface area (Å²) in [5.74, 6) is -0.558. The minimum atomic E-state index is -0.387. The highest BCUT2D eigenvalue weighted by Crippen LogP contribution is 2.20. The number of fused-ring (bicyclic) bond motifs is 1. The van der Waals surface area contributed by atoms with Crippen LogP contribution in [0.3, 0.4) is 0 Å². The number of hydrogen-bond acceptors (Lipinski definition) is 5. The maximum Gasteiger partial charge on any atom is 0.325 e. The van der Waals surface area contributed by atoms with Gasteiger partial charge in [-0.3, -0.25) is 9.59 Å². The number of rotatable bonds is 5. The highest BCUT2D eigenvalue weighted by molar-refractivity contribution is 7.16. The lowest BCUT2D eigenvalue weighted by molar-refractivity contribution is -0.143. The molecule has 1 aromatic carbocycles. The number of thiazole rings is 1. The van der Waals surface area contributed by atoms with Gasteiger partial charge in [0.15, 0.2) is 0 Å². The molecule has 1 heterocycles. The molecule has 2 aromatic rings. The monoisotopic (exact) mass is 292 g/mol. The summed E-state index contributed by atoms with van der Waals surface area (Å²) >= 11 is 1.49. The molecule has 0 spiro atoms. The Kier molecular flexibility index (Phi) is 4.68. The Morgan fingerprint density at radius 3 is 2.85 bits per heavy atom. The van der Waals surface area contributed by atoms with E-state index in [2.05, 4.69) is 4.98 Å². The van der Waals surface area contributed by atoms with Crippen LogP contribution in [0.1, 0.15) is 24.2 Å². The molecule has 1 amide bonds. The van der Waals surface area contributed by atoms with E-state index in [1.54, 1.807) is 18.5 Å². The van der Waals surface area contributed by atoms with Gasteiger partial charge in [0.2, 0.25) is 0 Å². The van der Waals surface area contributed by atoms with Gasteiger partial charge in [-0.25, -0.2) is 4.98 Å². The Balaban J connectivity index is 2.16. The first-order valence-corrected chi connectivity index (χ1v) is 7.31. The molecule has 6 heteroatoms. The van der Waals surface area contributed by atoms with Crippen LogP contribution in [-0.2, 0) is 9.53 Å². The van der Waals surface area contributed by atoms with Gasteiger partial charge >= 0.3 is 5.97 Å². The van der Waals surface area contributed by atoms with Crippen molar-refractivity contribution in [3.05, 3.63) is 29.3 Å². The Morgan fingerprint density at radius 2 is 2.15 bits per heavy atom. The van der Waals surface area contributed by atoms with E-state index in [0.29, 0.717) is 18.7 Å². The predicted molar refractivity (Wildman–Crippen MR) is 77.8 cm³/mol. The minimum Gasteiger partial charge on any atom is -0.465 e. The lowest BCUT2D eigenvalue weighted by Crippen LogP contribution is -2.36. The molecule has 0 aliphatic heterocycles. The highest BCUT2D eigenvalue weighted by atomic mass is 32.1. The zero-order valence-corrected chi connectivity index (χ0v) is 12.3. The molecule has 0 aliphatic carbocycles. The number of esters is 1. The summed E-state index contributed by atoms with van der Waals surface area (Å²) in [7, 11) is 0. The van der Waals surface area contributed by atoms with E-state index in [1.807, 2.05) is 19.1 Å². The van der Waals surface area contributed by atoms with Gasteiger partial charge in [-0.2, -0.15) is 0 Å². The standard InChI is InChI=1S/C14H16N2O3S/c1-3-16(8-13(17)19-4-2)14(18)10-5-6-11-12(7-10)20-9-15-11/h5-7,9H,3-4,8H2,1-2H3. The molecule has 106 valence electrons. The lowest BCUT2D eigenvalue weighted by atomic mass is 10.2. The van der Waals surface area contributed by atoms with Gasteiger partial charge in [-0.15, -0.1) is 11.3 Å². The third-order valence-corrected chi connectivity index (χ3v) is 3.66. The van der Waals surface area contributed by atoms with E-state index in [1.165, 1.54) is 16.2 Å². The third kappa shape index (κ3) is 3.14. The summed E-state index contributed by atoms with van der Waals surface area (Å²) in [6, 6.07) is 5.36. The van der Waals surface area contributed by atoms with Crippen LogP contribution < -0.4 is 0 Å². The predicted octanol–water partition coefficient (Wildman–Crippen LogP) is 2.32. The van der Waals surface area contributed by atoms with Crippen molar-refractivity contribution in [1.82, 2.24) is 9.88 Å². The van der Waals surface area contributed by atoms with Gasteiger partial charge in [0.25, 0.3) is 5.91 Å². The quantitative estimate of drug-likeness (QED) is 0.794. The maximum absolute atomic E-state index is 12.4. The minimum absolute atomic E-state index is 0.0239. The van der Waals surface area contributed by atoms with E-state index in [0.717, 1.165) is 10.2 Å². The summed E-state index contributed by atoms with van der Waals surface area (Å²) in [4.78, 5) is 29.5. The molecular formula is C14H16N2O3S. The molecule has 0 aliphatic rings. The molecule has 1 aromatic heterocycles. The number of carbonyl (C=O) groups excluding carboxylic acids is 2. The topological polar surface area (TPSA) is 59.5 Å². The summed E-state index contributed by atoms with van der Waals surface area (Å²) in [5.41, 5.74) is 3.18. The third-order valence-electron chi connectivity index (χ3n) is 2.87. The average molecular weight is 292 g/mol. The Morgan fingerprint density at radius 1 is 1.35 bits per heavy atom. The normalized spacial score (nSPS) is 10.5. The number of benzene rings is 1. The molecule has 5 nitrogen and oxygen atoms in total. The van der Waals surface area contributed by atoms with Crippen molar-refractivity contribution >= 4 is 33.4 Å². The van der Waals surface area contributed by atoms with Crippen molar-refractivity contribution in [2.24, 2.45) is 0 Å². The van der Waals surface area contributed by atoms with Crippen LogP contribution in [-0.4, -0.2) is 41.5 Å². The van der Waals surface area contributed by atoms with Crippen molar-refractivity contribution in [2.45, 2.75) is 13.8 Å². The van der Waals surface area contributed by atoms with Crippen LogP contribution in [0.15, 0.2) is 23.7 Å². The van der Waals surface area contributed by atoms with E-state index >= 15 is 0 Å². The molecule has 2 rings (SSSR count). The van der Waals surface area contributed by atoms with Crippen LogP contribution in [0.25, 0.3) is 10.2 Å². The Bertz CT molecular complexity index is 624. The zero-order valence-electron chi connectivity index (χ0n) is 11.5. The van der Waals surface area contributed by atoms with Crippen LogP contribution in [0.2, 0.25) is 0 Å². The first-order chi connectivity index (χ1) is 9.65. The molecule has 0 unspecified atom stereocenters. The number of likely N-dealkylation sites (N-methyl/N-ethyl adjacent to an activating group) is 1. The fourth-order valence-electron chi connectivity index (χ4n) is 1.86. The fourth-order valence-corrected chi connectivity index (χ4v) is 2.58. The molecule has 20 heavy (non-hydrogen) atoms. The number of hydrogen-bond donors (Lipinski definition) is 0. The van der Waals surface area contributed by atoms with Gasteiger partial charge in [0, 0.05) is 12.1 Å². The summed E-state index contributed by atoms with van der Waals surface area (Å²) in [6.45, 7) is 4.33. The van der Waals surface area contributed by atoms with Crippen molar-refractivity contribution in [3.8, 4) is 0 Å². The molecule has 0 bridgehead atoms. The average Bonchev–Trinajstić information content (AvgIpc) is 2.91. The van der Waals surface area contributed by atoms with E-state index in [4.69, 9.17) is 4.74 Å². The SMILES string of the molecule is CCOC(=O)CN(CC)C(=O)c1ccc2ncsc2c1. The largest absolute Gasteiger partial charge is 0.465 e. The Hall–Kier alpha value is -1.95. The number of ether oxygens (including phenoxy) is 1. The molecule has 0 fully saturated rings. The van der Waals surface area contributed by atoms with Crippen LogP contribution in [0, 0.1) is 0 Å². The van der Waals surface area contributed by atoms with Crippen molar-refractivity contribution in [2.75, 3.05) is 19.7 Å². The van der Waals surface area contributed by atoms with Gasteiger partial charge < -0.3 is 9.64 Å². The van der Waals surface area contributed by atoms with Crippen LogP contribution in [0.4, 0.5) is 0 Å². The van der Waals surface area contributed by atoms with Crippen LogP contribution in [0.5, 0.6) is 0 Å². The molecule has 0 N–H and O–H groups in total. The summed E-state index contributed by atoms with van der Waals surface area (Å²) in [6.07, 6.45) is 0. The van der Waals surface area contributed by atoms with Gasteiger partial charge in [0.1, 0.15) is 6.54 Å². The van der Waals surface area contributed by atoms with Crippen LogP contribution >= 0.6 is 11.3 Å². The molecule has 0 saturated heterocycles. The van der Waals surface area contributed by atoms with E-state index in [9.17, 15) is 9.59 Å². The summed E-state index contributed by atoms with van der Waals surface area (Å²) in [5, 5.41) is 0. The van der Waals surface area contributed by atoms with Crippen molar-refractivity contribution in [3.63, 3.8) is 0 Å². The second-order valence-corrected chi connectivity index (χ2v) is 5.05. The first kappa shape index (κ1) is 14.5. The second kappa shape index (κ2) is 6.47. The number of carbonyl (C=O) groups is 2. The van der Waals surface area contributed by atoms with Gasteiger partial charge in [-0.05, 0) is 32.0 Å². The smallest absolute Gasteiger partial charge is 0.325 e. The summed E-state index contributed by atoms with van der Waals surface area (Å²) < 4.78 is 5.84. The second-order valence-electron chi connectivity index (χ2n) is 4.16. The van der Waals surface area contributed by atoms with E-state index < -0.39 is 0 Å². The lowest BCUT2D eigenvalue weighted by Gasteiger charge is -2.19. The number of nitrogens with zero attached hydrogens (tertiary/aromatic N) is 2. The van der Waals surface area contributed by atoms with Crippen molar-refractivity contribution < 1.29 is 14.3 Å². The Labute approximate surface area is 121 Å². The zero-order chi connectivity index (χ0) is 14.5. The number of amides is 1.